The highest BCUT2D eigenvalue weighted by Gasteiger charge is 2.03. The van der Waals surface area contributed by atoms with Crippen LogP contribution in [0.4, 0.5) is 17.1 Å². The SMILES string of the molecule is Nc1ccc([N+](=O)[O-])cc1.O=[N+]([O-])c1ccc(CCCO)cc1.OCCBr. The van der Waals surface area contributed by atoms with Crippen LogP contribution in [-0.2, 0) is 6.42 Å². The number of alkyl halides is 1. The van der Waals surface area contributed by atoms with Gasteiger partial charge >= 0.3 is 0 Å². The third-order valence-electron chi connectivity index (χ3n) is 2.96. The Balaban J connectivity index is 0.000000428. The van der Waals surface area contributed by atoms with E-state index in [4.69, 9.17) is 15.9 Å². The van der Waals surface area contributed by atoms with E-state index in [0.29, 0.717) is 17.4 Å². The molecule has 0 saturated heterocycles. The highest BCUT2D eigenvalue weighted by molar-refractivity contribution is 9.09. The molecule has 27 heavy (non-hydrogen) atoms. The van der Waals surface area contributed by atoms with Crippen molar-refractivity contribution in [2.75, 3.05) is 24.3 Å². The maximum Gasteiger partial charge on any atom is 0.269 e. The zero-order valence-electron chi connectivity index (χ0n) is 14.5. The molecule has 4 N–H and O–H groups in total. The van der Waals surface area contributed by atoms with Gasteiger partial charge in [0, 0.05) is 41.9 Å². The van der Waals surface area contributed by atoms with Crippen LogP contribution in [0, 0.1) is 20.2 Å². The number of nitro benzene ring substituents is 2. The fourth-order valence-corrected chi connectivity index (χ4v) is 1.66. The number of nitrogens with zero attached hydrogens (tertiary/aromatic N) is 2. The van der Waals surface area contributed by atoms with E-state index >= 15 is 0 Å². The number of halogens is 1. The topological polar surface area (TPSA) is 153 Å². The number of non-ortho nitro benzene ring substituents is 2. The van der Waals surface area contributed by atoms with Crippen LogP contribution in [0.5, 0.6) is 0 Å². The summed E-state index contributed by atoms with van der Waals surface area (Å²) in [4.78, 5) is 19.5. The van der Waals surface area contributed by atoms with E-state index in [2.05, 4.69) is 15.9 Å². The Bertz CT molecular complexity index is 678. The number of nitro groups is 2. The van der Waals surface area contributed by atoms with Crippen molar-refractivity contribution < 1.29 is 20.1 Å². The normalized spacial score (nSPS) is 9.30. The lowest BCUT2D eigenvalue weighted by atomic mass is 10.1. The number of nitrogen functional groups attached to an aromatic ring is 1. The lowest BCUT2D eigenvalue weighted by Crippen LogP contribution is -1.91. The van der Waals surface area contributed by atoms with Crippen LogP contribution in [-0.4, -0.2) is 38.6 Å². The molecule has 0 saturated carbocycles. The molecule has 2 rings (SSSR count). The highest BCUT2D eigenvalue weighted by atomic mass is 79.9. The van der Waals surface area contributed by atoms with Crippen molar-refractivity contribution in [3.8, 4) is 0 Å². The Hall–Kier alpha value is -2.56. The summed E-state index contributed by atoms with van der Waals surface area (Å²) in [6, 6.07) is 12.1. The van der Waals surface area contributed by atoms with Gasteiger partial charge in [-0.25, -0.2) is 0 Å². The van der Waals surface area contributed by atoms with E-state index in [1.165, 1.54) is 36.4 Å². The second-order valence-electron chi connectivity index (χ2n) is 5.01. The molecule has 0 bridgehead atoms. The van der Waals surface area contributed by atoms with Crippen LogP contribution in [0.25, 0.3) is 0 Å². The molecule has 0 aliphatic heterocycles. The number of aryl methyl sites for hydroxylation is 1. The Labute approximate surface area is 164 Å². The monoisotopic (exact) mass is 443 g/mol. The zero-order chi connectivity index (χ0) is 20.7. The third-order valence-corrected chi connectivity index (χ3v) is 3.31. The molecule has 0 aliphatic rings. The summed E-state index contributed by atoms with van der Waals surface area (Å²) in [5.74, 6) is 0. The summed E-state index contributed by atoms with van der Waals surface area (Å²) in [7, 11) is 0. The number of benzene rings is 2. The lowest BCUT2D eigenvalue weighted by molar-refractivity contribution is -0.385. The van der Waals surface area contributed by atoms with Crippen LogP contribution >= 0.6 is 15.9 Å². The van der Waals surface area contributed by atoms with Crippen molar-refractivity contribution in [2.24, 2.45) is 0 Å². The molecule has 0 aliphatic carbocycles. The number of aliphatic hydroxyl groups is 2. The first-order valence-corrected chi connectivity index (χ1v) is 8.98. The number of hydrogen-bond acceptors (Lipinski definition) is 7. The van der Waals surface area contributed by atoms with Gasteiger partial charge in [-0.05, 0) is 30.5 Å². The Morgan fingerprint density at radius 1 is 0.852 bits per heavy atom. The molecule has 9 nitrogen and oxygen atoms in total. The van der Waals surface area contributed by atoms with E-state index in [1.54, 1.807) is 12.1 Å². The van der Waals surface area contributed by atoms with Gasteiger partial charge in [-0.2, -0.15) is 0 Å². The van der Waals surface area contributed by atoms with Gasteiger partial charge in [0.05, 0.1) is 16.5 Å². The van der Waals surface area contributed by atoms with Crippen molar-refractivity contribution in [3.05, 3.63) is 74.3 Å². The van der Waals surface area contributed by atoms with Crippen molar-refractivity contribution in [2.45, 2.75) is 12.8 Å². The summed E-state index contributed by atoms with van der Waals surface area (Å²) in [5.41, 5.74) is 7.02. The van der Waals surface area contributed by atoms with Gasteiger partial charge in [0.2, 0.25) is 0 Å². The number of anilines is 1. The fraction of sp³-hybridized carbons (Fsp3) is 0.294. The van der Waals surface area contributed by atoms with Crippen LogP contribution < -0.4 is 5.73 Å². The van der Waals surface area contributed by atoms with Crippen molar-refractivity contribution in [3.63, 3.8) is 0 Å². The predicted octanol–water partition coefficient (Wildman–Crippen LogP) is 3.07. The highest BCUT2D eigenvalue weighted by Crippen LogP contribution is 2.13. The average Bonchev–Trinajstić information content (AvgIpc) is 2.67. The van der Waals surface area contributed by atoms with Crippen molar-refractivity contribution in [1.82, 2.24) is 0 Å². The standard InChI is InChI=1S/C9H11NO3.C6H6N2O2.C2H5BrO/c11-7-1-2-8-3-5-9(6-4-8)10(12)13;7-5-1-3-6(4-2-5)8(9)10;3-1-2-4/h3-6,11H,1-2,7H2;1-4H,7H2;4H,1-2H2. The molecule has 0 radical (unpaired) electrons. The molecule has 2 aromatic rings. The molecule has 0 atom stereocenters. The molecular weight excluding hydrogens is 422 g/mol. The molecular formula is C17H22BrN3O6. The largest absolute Gasteiger partial charge is 0.399 e. The summed E-state index contributed by atoms with van der Waals surface area (Å²) in [6.45, 7) is 0.386. The van der Waals surface area contributed by atoms with Gasteiger partial charge in [-0.1, -0.05) is 28.1 Å². The van der Waals surface area contributed by atoms with Gasteiger partial charge in [0.15, 0.2) is 0 Å². The quantitative estimate of drug-likeness (QED) is 0.268. The van der Waals surface area contributed by atoms with E-state index in [1.807, 2.05) is 0 Å². The number of aliphatic hydroxyl groups excluding tert-OH is 2. The van der Waals surface area contributed by atoms with Gasteiger partial charge in [-0.15, -0.1) is 0 Å². The van der Waals surface area contributed by atoms with Crippen LogP contribution in [0.2, 0.25) is 0 Å². The molecule has 0 heterocycles. The minimum atomic E-state index is -0.459. The first-order chi connectivity index (χ1) is 12.8. The van der Waals surface area contributed by atoms with E-state index in [-0.39, 0.29) is 24.6 Å². The molecule has 0 aromatic heterocycles. The molecule has 0 spiro atoms. The second kappa shape index (κ2) is 14.6. The number of rotatable bonds is 6. The smallest absolute Gasteiger partial charge is 0.269 e. The molecule has 0 fully saturated rings. The first-order valence-electron chi connectivity index (χ1n) is 7.86. The minimum Gasteiger partial charge on any atom is -0.399 e. The molecule has 148 valence electrons. The van der Waals surface area contributed by atoms with Gasteiger partial charge in [0.25, 0.3) is 11.4 Å². The zero-order valence-corrected chi connectivity index (χ0v) is 16.1. The van der Waals surface area contributed by atoms with Gasteiger partial charge in [0.1, 0.15) is 0 Å². The maximum atomic E-state index is 10.3. The van der Waals surface area contributed by atoms with Crippen molar-refractivity contribution >= 4 is 33.0 Å². The van der Waals surface area contributed by atoms with E-state index in [0.717, 1.165) is 12.0 Å². The lowest BCUT2D eigenvalue weighted by Gasteiger charge is -1.97. The molecule has 2 aromatic carbocycles. The predicted molar refractivity (Wildman–Crippen MR) is 107 cm³/mol. The Kier molecular flexibility index (Phi) is 13.2. The molecule has 10 heteroatoms. The maximum absolute atomic E-state index is 10.3. The fourth-order valence-electron chi connectivity index (χ4n) is 1.66. The van der Waals surface area contributed by atoms with Gasteiger partial charge in [-0.3, -0.25) is 20.2 Å². The third kappa shape index (κ3) is 11.6. The summed E-state index contributed by atoms with van der Waals surface area (Å²) in [6.07, 6.45) is 1.45. The van der Waals surface area contributed by atoms with Gasteiger partial charge < -0.3 is 15.9 Å². The Morgan fingerprint density at radius 3 is 1.59 bits per heavy atom. The van der Waals surface area contributed by atoms with Crippen LogP contribution in [0.3, 0.4) is 0 Å². The number of hydrogen-bond donors (Lipinski definition) is 3. The molecule has 0 unspecified atom stereocenters. The number of nitrogens with two attached hydrogens (primary N) is 1. The van der Waals surface area contributed by atoms with Crippen molar-refractivity contribution in [1.29, 1.82) is 0 Å². The summed E-state index contributed by atoms with van der Waals surface area (Å²) in [5, 5.41) is 37.4. The van der Waals surface area contributed by atoms with Crippen LogP contribution in [0.1, 0.15) is 12.0 Å². The first kappa shape index (κ1) is 24.4. The van der Waals surface area contributed by atoms with E-state index in [9.17, 15) is 20.2 Å². The average molecular weight is 444 g/mol. The summed E-state index contributed by atoms with van der Waals surface area (Å²) < 4.78 is 0. The second-order valence-corrected chi connectivity index (χ2v) is 5.80. The Morgan fingerprint density at radius 2 is 1.26 bits per heavy atom. The summed E-state index contributed by atoms with van der Waals surface area (Å²) >= 11 is 3.00. The molecule has 0 amide bonds. The van der Waals surface area contributed by atoms with Crippen LogP contribution in [0.15, 0.2) is 48.5 Å². The van der Waals surface area contributed by atoms with E-state index < -0.39 is 9.85 Å². The minimum absolute atomic E-state index is 0.0641.